The van der Waals surface area contributed by atoms with Crippen LogP contribution in [0.5, 0.6) is 11.5 Å². The van der Waals surface area contributed by atoms with Crippen molar-refractivity contribution in [1.82, 2.24) is 24.4 Å². The molecule has 0 radical (unpaired) electrons. The van der Waals surface area contributed by atoms with Crippen molar-refractivity contribution in [3.63, 3.8) is 0 Å². The number of ketones is 1. The third-order valence-corrected chi connectivity index (χ3v) is 15.7. The van der Waals surface area contributed by atoms with Crippen molar-refractivity contribution in [1.29, 1.82) is 0 Å². The van der Waals surface area contributed by atoms with E-state index in [2.05, 4.69) is 5.32 Å². The van der Waals surface area contributed by atoms with Crippen molar-refractivity contribution in [2.45, 2.75) is 117 Å². The molecule has 1 unspecified atom stereocenters. The van der Waals surface area contributed by atoms with Gasteiger partial charge in [-0.2, -0.15) is 0 Å². The van der Waals surface area contributed by atoms with Crippen LogP contribution in [0.4, 0.5) is 0 Å². The normalized spacial score (nSPS) is 17.6. The second-order valence-corrected chi connectivity index (χ2v) is 20.7. The lowest BCUT2D eigenvalue weighted by atomic mass is 9.85. The number of aromatic nitrogens is 4. The van der Waals surface area contributed by atoms with Crippen LogP contribution in [0.25, 0.3) is 44.6 Å². The van der Waals surface area contributed by atoms with E-state index in [0.29, 0.717) is 46.7 Å². The highest BCUT2D eigenvalue weighted by Crippen LogP contribution is 2.45. The summed E-state index contributed by atoms with van der Waals surface area (Å²) >= 11 is 0. The van der Waals surface area contributed by atoms with Crippen LogP contribution in [0.1, 0.15) is 105 Å². The third-order valence-electron chi connectivity index (χ3n) is 15.7. The highest BCUT2D eigenvalue weighted by atomic mass is 16.6. The lowest BCUT2D eigenvalue weighted by molar-refractivity contribution is -0.189. The summed E-state index contributed by atoms with van der Waals surface area (Å²) in [6, 6.07) is 13.1. The van der Waals surface area contributed by atoms with Crippen LogP contribution >= 0.6 is 0 Å². The fourth-order valence-electron chi connectivity index (χ4n) is 11.5. The van der Waals surface area contributed by atoms with E-state index in [1.54, 1.807) is 66.3 Å². The number of rotatable bonds is 24. The number of Topliss-reactive ketones (excluding diaryl/α,β-unsaturated/α-hetero) is 1. The first-order valence-electron chi connectivity index (χ1n) is 27.7. The average molecular weight is 1140 g/mol. The van der Waals surface area contributed by atoms with Gasteiger partial charge in [0.1, 0.15) is 44.5 Å². The molecule has 23 heteroatoms. The molecule has 0 saturated heterocycles. The lowest BCUT2D eigenvalue weighted by Gasteiger charge is -2.35. The Labute approximate surface area is 474 Å². The number of fused-ring (bicyclic) bond motifs is 10. The molecule has 83 heavy (non-hydrogen) atoms. The van der Waals surface area contributed by atoms with Gasteiger partial charge in [0.05, 0.1) is 104 Å². The predicted octanol–water partition coefficient (Wildman–Crippen LogP) is 4.73. The van der Waals surface area contributed by atoms with Crippen LogP contribution in [-0.2, 0) is 117 Å². The second kappa shape index (κ2) is 23.8. The number of amides is 1. The molecule has 0 saturated carbocycles. The van der Waals surface area contributed by atoms with Gasteiger partial charge in [-0.1, -0.05) is 27.7 Å². The summed E-state index contributed by atoms with van der Waals surface area (Å²) in [5.74, 6) is -4.31. The molecule has 0 spiro atoms. The molecule has 4 aliphatic heterocycles. The number of hydrogen-bond donors (Lipinski definition) is 3. The number of ether oxygens (including phenoxy) is 8. The Morgan fingerprint density at radius 3 is 1.65 bits per heavy atom. The second-order valence-electron chi connectivity index (χ2n) is 20.7. The van der Waals surface area contributed by atoms with Crippen LogP contribution in [-0.4, -0.2) is 124 Å². The van der Waals surface area contributed by atoms with Crippen molar-refractivity contribution >= 4 is 57.4 Å². The molecule has 4 aliphatic rings. The number of aryl methyl sites for hydroxylation is 2. The van der Waals surface area contributed by atoms with E-state index in [-0.39, 0.29) is 131 Å². The fourth-order valence-corrected chi connectivity index (χ4v) is 11.5. The van der Waals surface area contributed by atoms with Gasteiger partial charge in [0.25, 0.3) is 11.1 Å². The van der Waals surface area contributed by atoms with E-state index >= 15 is 0 Å². The standard InChI is InChI=1S/C60H63N5O18/c1-6-36-38-20-33(66)10-13-46(38)62-53-40(36)25-64-48(53)22-44-42(55(64)72)29-80-57(74)59(44,8-3)82-51(70)15-12-35(68)28-77-18-19-79-32(5)27-76-16-17-78-31-50(69)61-24-52(71)83-60(9-4)45-23-49-54-41(26-65(49)56(73)43(45)30-81-58(60)75)37(7-2)39-21-34(67)11-14-47(39)63-54/h10-11,13-14,20-23,32,66-67H,6-9,12,15-19,24-31H2,1-5H3,(H,61,69)/t32?,59-,60-/m0/s1. The number of esters is 4. The Kier molecular flexibility index (Phi) is 16.6. The van der Waals surface area contributed by atoms with Gasteiger partial charge in [0.15, 0.2) is 5.78 Å². The maximum Gasteiger partial charge on any atom is 0.355 e. The molecule has 4 aromatic heterocycles. The zero-order chi connectivity index (χ0) is 58.9. The van der Waals surface area contributed by atoms with Gasteiger partial charge in [-0.3, -0.25) is 28.8 Å². The molecular formula is C60H63N5O18. The van der Waals surface area contributed by atoms with Gasteiger partial charge >= 0.3 is 23.9 Å². The number of benzene rings is 2. The number of phenols is 2. The summed E-state index contributed by atoms with van der Waals surface area (Å²) in [5.41, 5.74) is 2.80. The van der Waals surface area contributed by atoms with Crippen molar-refractivity contribution in [3.05, 3.63) is 114 Å². The van der Waals surface area contributed by atoms with Crippen LogP contribution in [0.2, 0.25) is 0 Å². The van der Waals surface area contributed by atoms with Crippen LogP contribution < -0.4 is 16.4 Å². The molecule has 3 atom stereocenters. The minimum atomic E-state index is -1.97. The average Bonchev–Trinajstić information content (AvgIpc) is 2.68. The van der Waals surface area contributed by atoms with Crippen LogP contribution in [0.15, 0.2) is 58.1 Å². The number of nitrogens with one attached hydrogen (secondary N) is 1. The minimum absolute atomic E-state index is 0.0256. The maximum absolute atomic E-state index is 14.0. The number of carbonyl (C=O) groups is 6. The summed E-state index contributed by atoms with van der Waals surface area (Å²) in [5, 5.41) is 24.4. The zero-order valence-corrected chi connectivity index (χ0v) is 46.6. The monoisotopic (exact) mass is 1140 g/mol. The molecule has 0 fully saturated rings. The van der Waals surface area contributed by atoms with E-state index in [1.165, 1.54) is 12.1 Å². The predicted molar refractivity (Wildman–Crippen MR) is 294 cm³/mol. The van der Waals surface area contributed by atoms with Gasteiger partial charge in [-0.15, -0.1) is 0 Å². The number of carbonyl (C=O) groups excluding carboxylic acids is 6. The molecule has 8 heterocycles. The van der Waals surface area contributed by atoms with Gasteiger partial charge in [0, 0.05) is 39.4 Å². The van der Waals surface area contributed by atoms with Gasteiger partial charge < -0.3 is 62.6 Å². The molecule has 23 nitrogen and oxygen atoms in total. The highest BCUT2D eigenvalue weighted by molar-refractivity contribution is 5.93. The molecule has 6 aromatic rings. The first-order valence-corrected chi connectivity index (χ1v) is 27.7. The Hall–Kier alpha value is -8.38. The van der Waals surface area contributed by atoms with Gasteiger partial charge in [0.2, 0.25) is 17.1 Å². The Morgan fingerprint density at radius 1 is 0.639 bits per heavy atom. The molecule has 436 valence electrons. The van der Waals surface area contributed by atoms with Crippen molar-refractivity contribution in [2.75, 3.05) is 52.8 Å². The summed E-state index contributed by atoms with van der Waals surface area (Å²) < 4.78 is 47.9. The SMILES string of the molecule is CCc1c2c(nc3ccc(O)cc13)-c1cc3c(c(=O)n1C2)COC(=O)[C@@]3(CC)OC(=O)CCC(=O)COCCOC(C)COCCOCC(=O)NCC(=O)O[C@]1(CC)C(=O)OCc2c1cc1n(c2=O)Cc2c-1nc1ccc(O)cc1c2CC. The number of aromatic hydroxyl groups is 2. The maximum atomic E-state index is 14.0. The highest BCUT2D eigenvalue weighted by Gasteiger charge is 2.52. The van der Waals surface area contributed by atoms with Crippen LogP contribution in [0.3, 0.4) is 0 Å². The van der Waals surface area contributed by atoms with Crippen molar-refractivity contribution in [3.8, 4) is 34.3 Å². The number of pyridine rings is 4. The Morgan fingerprint density at radius 2 is 1.13 bits per heavy atom. The van der Waals surface area contributed by atoms with E-state index in [9.17, 15) is 48.6 Å². The first kappa shape index (κ1) is 57.8. The molecule has 0 bridgehead atoms. The number of hydrogen-bond acceptors (Lipinski definition) is 20. The quantitative estimate of drug-likeness (QED) is 0.0418. The Balaban J connectivity index is 0.624. The third kappa shape index (κ3) is 10.8. The Bertz CT molecular complexity index is 3780. The number of cyclic esters (lactones) is 2. The molecule has 10 rings (SSSR count). The fraction of sp³-hybridized carbons (Fsp3) is 0.433. The van der Waals surface area contributed by atoms with E-state index < -0.39 is 71.0 Å². The summed E-state index contributed by atoms with van der Waals surface area (Å²) in [6.07, 6.45) is 0.116. The molecule has 2 aromatic carbocycles. The molecule has 0 aliphatic carbocycles. The minimum Gasteiger partial charge on any atom is -0.508 e. The number of phenolic OH excluding ortho intramolecular Hbond substituents is 2. The number of nitrogens with zero attached hydrogens (tertiary/aromatic N) is 4. The van der Waals surface area contributed by atoms with Crippen molar-refractivity contribution in [2.24, 2.45) is 0 Å². The van der Waals surface area contributed by atoms with Gasteiger partial charge in [-0.05, 0) is 92.3 Å². The van der Waals surface area contributed by atoms with E-state index in [1.807, 2.05) is 13.8 Å². The molecule has 1 amide bonds. The zero-order valence-electron chi connectivity index (χ0n) is 46.6. The lowest BCUT2D eigenvalue weighted by Crippen LogP contribution is -2.48. The summed E-state index contributed by atoms with van der Waals surface area (Å²) in [7, 11) is 0. The molecule has 3 N–H and O–H groups in total. The van der Waals surface area contributed by atoms with Gasteiger partial charge in [-0.25, -0.2) is 19.6 Å². The largest absolute Gasteiger partial charge is 0.508 e. The molecular weight excluding hydrogens is 1080 g/mol. The summed E-state index contributed by atoms with van der Waals surface area (Å²) in [4.78, 5) is 117. The first-order chi connectivity index (χ1) is 39.9. The van der Waals surface area contributed by atoms with Crippen LogP contribution in [0, 0.1) is 0 Å². The van der Waals surface area contributed by atoms with Crippen molar-refractivity contribution < 1.29 is 76.9 Å². The summed E-state index contributed by atoms with van der Waals surface area (Å²) in [6.45, 7) is 7.93. The topological polar surface area (TPSA) is 299 Å². The van der Waals surface area contributed by atoms with E-state index in [0.717, 1.165) is 33.0 Å². The smallest absolute Gasteiger partial charge is 0.355 e. The van der Waals surface area contributed by atoms with E-state index in [4.69, 9.17) is 47.9 Å².